The van der Waals surface area contributed by atoms with Gasteiger partial charge in [-0.05, 0) is 49.9 Å². The third-order valence-corrected chi connectivity index (χ3v) is 5.94. The lowest BCUT2D eigenvalue weighted by atomic mass is 9.92. The van der Waals surface area contributed by atoms with Gasteiger partial charge in [0, 0.05) is 51.0 Å². The number of nitrogens with zero attached hydrogens (tertiary/aromatic N) is 3. The zero-order valence-electron chi connectivity index (χ0n) is 15.9. The van der Waals surface area contributed by atoms with Gasteiger partial charge in [0.1, 0.15) is 5.82 Å². The molecule has 1 amide bonds. The molecule has 0 saturated carbocycles. The van der Waals surface area contributed by atoms with Crippen molar-refractivity contribution in [3.8, 4) is 0 Å². The topological polar surface area (TPSA) is 52.8 Å². The standard InChI is InChI=1S/C20H31FN4O/c1-15-7-8-25(19(13-15)14-22)20(26)16(2)23-9-11-24(12-10-23)18-5-3-17(21)4-6-18/h3-6,15-16,19H,7-14,22H2,1-2H3. The van der Waals surface area contributed by atoms with Crippen LogP contribution in [0.4, 0.5) is 10.1 Å². The first-order chi connectivity index (χ1) is 12.5. The number of hydrogen-bond acceptors (Lipinski definition) is 4. The third-order valence-electron chi connectivity index (χ3n) is 5.94. The Bertz CT molecular complexity index is 600. The summed E-state index contributed by atoms with van der Waals surface area (Å²) >= 11 is 0. The first kappa shape index (κ1) is 19.1. The molecule has 6 heteroatoms. The normalized spacial score (nSPS) is 26.0. The minimum Gasteiger partial charge on any atom is -0.369 e. The summed E-state index contributed by atoms with van der Waals surface area (Å²) in [5.74, 6) is 0.640. The van der Waals surface area contributed by atoms with Crippen LogP contribution in [0.5, 0.6) is 0 Å². The van der Waals surface area contributed by atoms with Gasteiger partial charge >= 0.3 is 0 Å². The number of nitrogens with two attached hydrogens (primary N) is 1. The molecule has 2 heterocycles. The van der Waals surface area contributed by atoms with Crippen LogP contribution in [0.1, 0.15) is 26.7 Å². The Morgan fingerprint density at radius 3 is 2.46 bits per heavy atom. The predicted octanol–water partition coefficient (Wildman–Crippen LogP) is 1.92. The van der Waals surface area contributed by atoms with E-state index in [0.29, 0.717) is 12.5 Å². The number of likely N-dealkylation sites (tertiary alicyclic amines) is 1. The van der Waals surface area contributed by atoms with Crippen LogP contribution in [0, 0.1) is 11.7 Å². The summed E-state index contributed by atoms with van der Waals surface area (Å²) in [6, 6.07) is 6.69. The Balaban J connectivity index is 1.56. The molecule has 2 saturated heterocycles. The summed E-state index contributed by atoms with van der Waals surface area (Å²) in [6.45, 7) is 8.98. The molecule has 2 N–H and O–H groups in total. The van der Waals surface area contributed by atoms with E-state index in [2.05, 4.69) is 16.7 Å². The molecule has 2 fully saturated rings. The van der Waals surface area contributed by atoms with Crippen LogP contribution in [0.15, 0.2) is 24.3 Å². The van der Waals surface area contributed by atoms with E-state index < -0.39 is 0 Å². The van der Waals surface area contributed by atoms with Crippen molar-refractivity contribution >= 4 is 11.6 Å². The Kier molecular flexibility index (Phi) is 6.14. The lowest BCUT2D eigenvalue weighted by Crippen LogP contribution is -2.58. The fraction of sp³-hybridized carbons (Fsp3) is 0.650. The summed E-state index contributed by atoms with van der Waals surface area (Å²) in [5, 5.41) is 0. The molecule has 144 valence electrons. The number of rotatable bonds is 4. The van der Waals surface area contributed by atoms with Crippen LogP contribution >= 0.6 is 0 Å². The Labute approximate surface area is 155 Å². The van der Waals surface area contributed by atoms with Crippen LogP contribution in [0.3, 0.4) is 0 Å². The van der Waals surface area contributed by atoms with Gasteiger partial charge in [-0.1, -0.05) is 6.92 Å². The number of piperazine rings is 1. The van der Waals surface area contributed by atoms with E-state index in [1.165, 1.54) is 12.1 Å². The van der Waals surface area contributed by atoms with E-state index in [4.69, 9.17) is 5.73 Å². The first-order valence-corrected chi connectivity index (χ1v) is 9.74. The monoisotopic (exact) mass is 362 g/mol. The quantitative estimate of drug-likeness (QED) is 0.889. The van der Waals surface area contributed by atoms with E-state index in [-0.39, 0.29) is 23.8 Å². The first-order valence-electron chi connectivity index (χ1n) is 9.74. The van der Waals surface area contributed by atoms with Crippen molar-refractivity contribution in [2.75, 3.05) is 44.2 Å². The summed E-state index contributed by atoms with van der Waals surface area (Å²) in [6.07, 6.45) is 2.07. The molecule has 5 nitrogen and oxygen atoms in total. The maximum Gasteiger partial charge on any atom is 0.239 e. The molecule has 2 aliphatic rings. The smallest absolute Gasteiger partial charge is 0.239 e. The molecule has 2 aliphatic heterocycles. The molecular weight excluding hydrogens is 331 g/mol. The van der Waals surface area contributed by atoms with E-state index >= 15 is 0 Å². The average molecular weight is 362 g/mol. The minimum atomic E-state index is -0.211. The van der Waals surface area contributed by atoms with Gasteiger partial charge < -0.3 is 15.5 Å². The lowest BCUT2D eigenvalue weighted by molar-refractivity contribution is -0.140. The number of piperidine rings is 1. The summed E-state index contributed by atoms with van der Waals surface area (Å²) in [5.41, 5.74) is 6.96. The summed E-state index contributed by atoms with van der Waals surface area (Å²) < 4.78 is 13.1. The number of hydrogen-bond donors (Lipinski definition) is 1. The van der Waals surface area contributed by atoms with Gasteiger partial charge in [-0.2, -0.15) is 0 Å². The van der Waals surface area contributed by atoms with E-state index in [0.717, 1.165) is 51.3 Å². The summed E-state index contributed by atoms with van der Waals surface area (Å²) in [4.78, 5) is 19.6. The van der Waals surface area contributed by atoms with Crippen LogP contribution in [-0.2, 0) is 4.79 Å². The second-order valence-corrected chi connectivity index (χ2v) is 7.73. The van der Waals surface area contributed by atoms with Crippen molar-refractivity contribution < 1.29 is 9.18 Å². The van der Waals surface area contributed by atoms with Crippen LogP contribution in [0.25, 0.3) is 0 Å². The number of amides is 1. The molecule has 3 rings (SSSR count). The van der Waals surface area contributed by atoms with Crippen LogP contribution in [0.2, 0.25) is 0 Å². The predicted molar refractivity (Wildman–Crippen MR) is 103 cm³/mol. The molecule has 0 aromatic heterocycles. The highest BCUT2D eigenvalue weighted by Gasteiger charge is 2.34. The number of halogens is 1. The Hall–Kier alpha value is -1.66. The Morgan fingerprint density at radius 1 is 1.19 bits per heavy atom. The van der Waals surface area contributed by atoms with Crippen LogP contribution < -0.4 is 10.6 Å². The van der Waals surface area contributed by atoms with Crippen molar-refractivity contribution in [3.63, 3.8) is 0 Å². The summed E-state index contributed by atoms with van der Waals surface area (Å²) in [7, 11) is 0. The second kappa shape index (κ2) is 8.35. The maximum absolute atomic E-state index is 13.1. The largest absolute Gasteiger partial charge is 0.369 e. The highest BCUT2D eigenvalue weighted by Crippen LogP contribution is 2.24. The molecule has 0 spiro atoms. The molecule has 3 atom stereocenters. The fourth-order valence-corrected chi connectivity index (χ4v) is 4.18. The molecule has 0 bridgehead atoms. The van der Waals surface area contributed by atoms with Gasteiger partial charge in [0.2, 0.25) is 5.91 Å². The van der Waals surface area contributed by atoms with Crippen molar-refractivity contribution in [3.05, 3.63) is 30.1 Å². The molecule has 1 aromatic carbocycles. The molecule has 26 heavy (non-hydrogen) atoms. The van der Waals surface area contributed by atoms with Crippen LogP contribution in [-0.4, -0.2) is 67.1 Å². The lowest BCUT2D eigenvalue weighted by Gasteiger charge is -2.43. The molecular formula is C20H31FN4O. The SMILES string of the molecule is CC1CCN(C(=O)C(C)N2CCN(c3ccc(F)cc3)CC2)C(CN)C1. The number of benzene rings is 1. The van der Waals surface area contributed by atoms with Crippen molar-refractivity contribution in [2.24, 2.45) is 11.7 Å². The number of carbonyl (C=O) groups is 1. The zero-order valence-corrected chi connectivity index (χ0v) is 15.9. The third kappa shape index (κ3) is 4.18. The van der Waals surface area contributed by atoms with E-state index in [9.17, 15) is 9.18 Å². The van der Waals surface area contributed by atoms with Gasteiger partial charge in [0.25, 0.3) is 0 Å². The fourth-order valence-electron chi connectivity index (χ4n) is 4.18. The Morgan fingerprint density at radius 2 is 1.85 bits per heavy atom. The van der Waals surface area contributed by atoms with Gasteiger partial charge in [-0.15, -0.1) is 0 Å². The molecule has 0 aliphatic carbocycles. The minimum absolute atomic E-state index is 0.118. The van der Waals surface area contributed by atoms with Crippen molar-refractivity contribution in [2.45, 2.75) is 38.8 Å². The molecule has 1 aromatic rings. The second-order valence-electron chi connectivity index (χ2n) is 7.73. The van der Waals surface area contributed by atoms with Gasteiger partial charge in [-0.3, -0.25) is 9.69 Å². The van der Waals surface area contributed by atoms with E-state index in [1.54, 1.807) is 0 Å². The molecule has 0 radical (unpaired) electrons. The zero-order chi connectivity index (χ0) is 18.7. The maximum atomic E-state index is 13.1. The number of carbonyl (C=O) groups excluding carboxylic acids is 1. The van der Waals surface area contributed by atoms with Gasteiger partial charge in [0.05, 0.1) is 6.04 Å². The average Bonchev–Trinajstić information content (AvgIpc) is 2.67. The highest BCUT2D eigenvalue weighted by molar-refractivity contribution is 5.82. The van der Waals surface area contributed by atoms with Gasteiger partial charge in [-0.25, -0.2) is 4.39 Å². The molecule has 3 unspecified atom stereocenters. The number of anilines is 1. The van der Waals surface area contributed by atoms with E-state index in [1.807, 2.05) is 24.0 Å². The van der Waals surface area contributed by atoms with Crippen molar-refractivity contribution in [1.29, 1.82) is 0 Å². The highest BCUT2D eigenvalue weighted by atomic mass is 19.1. The van der Waals surface area contributed by atoms with Crippen molar-refractivity contribution in [1.82, 2.24) is 9.80 Å². The van der Waals surface area contributed by atoms with Gasteiger partial charge in [0.15, 0.2) is 0 Å².